The number of nitrogens with zero attached hydrogens (tertiary/aromatic N) is 5. The molecular weight excluding hydrogens is 456 g/mol. The molecule has 4 heterocycles. The van der Waals surface area contributed by atoms with Crippen LogP contribution in [0.2, 0.25) is 0 Å². The molecule has 1 aliphatic heterocycles. The molecule has 8 nitrogen and oxygen atoms in total. The van der Waals surface area contributed by atoms with E-state index in [1.807, 2.05) is 24.4 Å². The van der Waals surface area contributed by atoms with Crippen LogP contribution in [0.1, 0.15) is 18.4 Å². The third-order valence-electron chi connectivity index (χ3n) is 5.32. The Morgan fingerprint density at radius 2 is 2.03 bits per heavy atom. The molecule has 1 aliphatic rings. The van der Waals surface area contributed by atoms with Crippen LogP contribution in [0.15, 0.2) is 59.3 Å². The molecule has 9 heteroatoms. The number of rotatable bonds is 6. The molecule has 0 radical (unpaired) electrons. The van der Waals surface area contributed by atoms with E-state index < -0.39 is 0 Å². The maximum atomic E-state index is 4.70. The smallest absolute Gasteiger partial charge is 0.229 e. The molecule has 3 aromatic heterocycles. The largest absolute Gasteiger partial charge is 0.350 e. The molecule has 0 spiro atoms. The van der Waals surface area contributed by atoms with Gasteiger partial charge < -0.3 is 16.0 Å². The van der Waals surface area contributed by atoms with Gasteiger partial charge in [-0.15, -0.1) is 0 Å². The Kier molecular flexibility index (Phi) is 5.77. The summed E-state index contributed by atoms with van der Waals surface area (Å²) in [4.78, 5) is 13.7. The number of nitrogens with one attached hydrogen (secondary N) is 3. The Balaban J connectivity index is 1.34. The van der Waals surface area contributed by atoms with Gasteiger partial charge in [0, 0.05) is 30.9 Å². The van der Waals surface area contributed by atoms with Crippen molar-refractivity contribution < 1.29 is 0 Å². The van der Waals surface area contributed by atoms with Crippen LogP contribution in [-0.4, -0.2) is 43.7 Å². The van der Waals surface area contributed by atoms with Crippen molar-refractivity contribution in [3.05, 3.63) is 64.9 Å². The van der Waals surface area contributed by atoms with E-state index in [-0.39, 0.29) is 0 Å². The van der Waals surface area contributed by atoms with E-state index >= 15 is 0 Å². The third kappa shape index (κ3) is 4.52. The van der Waals surface area contributed by atoms with Gasteiger partial charge in [0.25, 0.3) is 0 Å². The topological polar surface area (TPSA) is 92.1 Å². The van der Waals surface area contributed by atoms with Crippen LogP contribution in [0.25, 0.3) is 16.9 Å². The molecule has 4 aromatic rings. The fraction of sp³-hybridized carbons (Fsp3) is 0.273. The number of aromatic nitrogens is 5. The summed E-state index contributed by atoms with van der Waals surface area (Å²) < 4.78 is 2.55. The minimum atomic E-state index is 0.324. The molecule has 1 atom stereocenters. The summed E-state index contributed by atoms with van der Waals surface area (Å²) in [5, 5.41) is 14.7. The molecule has 1 saturated heterocycles. The van der Waals surface area contributed by atoms with Crippen LogP contribution in [0, 0.1) is 0 Å². The molecular formula is C22H23BrN8. The lowest BCUT2D eigenvalue weighted by Gasteiger charge is -2.24. The van der Waals surface area contributed by atoms with E-state index in [1.165, 1.54) is 0 Å². The highest BCUT2D eigenvalue weighted by Gasteiger charge is 2.17. The Hall–Kier alpha value is -3.04. The lowest BCUT2D eigenvalue weighted by Crippen LogP contribution is -2.38. The van der Waals surface area contributed by atoms with Crippen molar-refractivity contribution in [2.75, 3.05) is 23.7 Å². The number of benzene rings is 1. The summed E-state index contributed by atoms with van der Waals surface area (Å²) >= 11 is 3.54. The van der Waals surface area contributed by atoms with E-state index in [2.05, 4.69) is 71.2 Å². The average Bonchev–Trinajstić information content (AvgIpc) is 3.20. The quantitative estimate of drug-likeness (QED) is 0.388. The predicted octanol–water partition coefficient (Wildman–Crippen LogP) is 3.72. The second-order valence-electron chi connectivity index (χ2n) is 7.55. The van der Waals surface area contributed by atoms with Gasteiger partial charge in [-0.2, -0.15) is 19.6 Å². The summed E-state index contributed by atoms with van der Waals surface area (Å²) in [5.41, 5.74) is 3.93. The summed E-state index contributed by atoms with van der Waals surface area (Å²) in [6.07, 6.45) is 5.80. The van der Waals surface area contributed by atoms with E-state index in [4.69, 9.17) is 4.98 Å². The zero-order valence-corrected chi connectivity index (χ0v) is 18.5. The van der Waals surface area contributed by atoms with Crippen molar-refractivity contribution in [3.63, 3.8) is 0 Å². The second-order valence-corrected chi connectivity index (χ2v) is 8.41. The van der Waals surface area contributed by atoms with Crippen molar-refractivity contribution in [3.8, 4) is 11.3 Å². The molecule has 31 heavy (non-hydrogen) atoms. The molecule has 5 rings (SSSR count). The van der Waals surface area contributed by atoms with Crippen LogP contribution in [-0.2, 0) is 6.54 Å². The van der Waals surface area contributed by atoms with Crippen molar-refractivity contribution >= 4 is 33.5 Å². The van der Waals surface area contributed by atoms with Crippen molar-refractivity contribution in [1.29, 1.82) is 0 Å². The highest BCUT2D eigenvalue weighted by Crippen LogP contribution is 2.22. The number of fused-ring (bicyclic) bond motifs is 1. The lowest BCUT2D eigenvalue weighted by atomic mass is 10.1. The first-order valence-electron chi connectivity index (χ1n) is 10.4. The number of anilines is 2. The standard InChI is InChI=1S/C22H23BrN8/c23-18-14-27-31-20(18)29-21(28-17-4-3-10-24-13-17)30-22(31)26-12-15-6-8-16(9-7-15)19-5-1-2-11-25-19/h1-2,5-9,11,14,17,24H,3-4,10,12-13H2,(H2,26,28,29,30)/t17-/m1/s1. The summed E-state index contributed by atoms with van der Waals surface area (Å²) in [7, 11) is 0. The SMILES string of the molecule is Brc1cnn2c(NCc3ccc(-c4ccccn4)cc3)nc(N[C@@H]3CCCNC3)nc12. The molecule has 0 aliphatic carbocycles. The number of halogens is 1. The minimum absolute atomic E-state index is 0.324. The summed E-state index contributed by atoms with van der Waals surface area (Å²) in [5.74, 6) is 1.26. The highest BCUT2D eigenvalue weighted by atomic mass is 79.9. The number of hydrogen-bond donors (Lipinski definition) is 3. The van der Waals surface area contributed by atoms with E-state index in [9.17, 15) is 0 Å². The number of pyridine rings is 1. The molecule has 0 unspecified atom stereocenters. The zero-order chi connectivity index (χ0) is 21.0. The van der Waals surface area contributed by atoms with Gasteiger partial charge in [-0.3, -0.25) is 4.98 Å². The molecule has 0 bridgehead atoms. The molecule has 0 amide bonds. The molecule has 158 valence electrons. The van der Waals surface area contributed by atoms with E-state index in [0.29, 0.717) is 24.5 Å². The first-order chi connectivity index (χ1) is 15.3. The van der Waals surface area contributed by atoms with Crippen LogP contribution >= 0.6 is 15.9 Å². The van der Waals surface area contributed by atoms with Gasteiger partial charge in [0.05, 0.1) is 16.4 Å². The number of piperidine rings is 1. The molecule has 3 N–H and O–H groups in total. The Morgan fingerprint density at radius 3 is 2.81 bits per heavy atom. The zero-order valence-electron chi connectivity index (χ0n) is 16.9. The third-order valence-corrected chi connectivity index (χ3v) is 5.88. The van der Waals surface area contributed by atoms with Crippen molar-refractivity contribution in [2.24, 2.45) is 0 Å². The lowest BCUT2D eigenvalue weighted by molar-refractivity contribution is 0.478. The monoisotopic (exact) mass is 478 g/mol. The van der Waals surface area contributed by atoms with E-state index in [1.54, 1.807) is 10.7 Å². The van der Waals surface area contributed by atoms with Crippen molar-refractivity contribution in [2.45, 2.75) is 25.4 Å². The molecule has 1 aromatic carbocycles. The van der Waals surface area contributed by atoms with Crippen molar-refractivity contribution in [1.82, 2.24) is 29.9 Å². The highest BCUT2D eigenvalue weighted by molar-refractivity contribution is 9.10. The van der Waals surface area contributed by atoms with Gasteiger partial charge in [0.1, 0.15) is 0 Å². The van der Waals surface area contributed by atoms with Gasteiger partial charge in [0.2, 0.25) is 11.9 Å². The second kappa shape index (κ2) is 8.99. The van der Waals surface area contributed by atoms with Gasteiger partial charge in [-0.05, 0) is 53.0 Å². The van der Waals surface area contributed by atoms with Crippen LogP contribution in [0.4, 0.5) is 11.9 Å². The summed E-state index contributed by atoms with van der Waals surface area (Å²) in [6, 6.07) is 14.6. The van der Waals surface area contributed by atoms with Gasteiger partial charge >= 0.3 is 0 Å². The minimum Gasteiger partial charge on any atom is -0.350 e. The average molecular weight is 479 g/mol. The van der Waals surface area contributed by atoms with Crippen LogP contribution in [0.3, 0.4) is 0 Å². The number of hydrogen-bond acceptors (Lipinski definition) is 7. The maximum Gasteiger partial charge on any atom is 0.229 e. The Morgan fingerprint density at radius 1 is 1.13 bits per heavy atom. The summed E-state index contributed by atoms with van der Waals surface area (Å²) in [6.45, 7) is 2.61. The van der Waals surface area contributed by atoms with Gasteiger partial charge in [-0.25, -0.2) is 0 Å². The Bertz CT molecular complexity index is 1150. The molecule has 0 saturated carbocycles. The fourth-order valence-corrected chi connectivity index (χ4v) is 4.04. The first kappa shape index (κ1) is 19.9. The maximum absolute atomic E-state index is 4.70. The van der Waals surface area contributed by atoms with Crippen LogP contribution < -0.4 is 16.0 Å². The fourth-order valence-electron chi connectivity index (χ4n) is 3.70. The van der Waals surface area contributed by atoms with Gasteiger partial charge in [0.15, 0.2) is 5.65 Å². The molecule has 1 fully saturated rings. The van der Waals surface area contributed by atoms with Crippen LogP contribution in [0.5, 0.6) is 0 Å². The van der Waals surface area contributed by atoms with E-state index in [0.717, 1.165) is 52.9 Å². The Labute approximate surface area is 188 Å². The normalized spacial score (nSPS) is 16.4. The predicted molar refractivity (Wildman–Crippen MR) is 125 cm³/mol. The first-order valence-corrected chi connectivity index (χ1v) is 11.2. The van der Waals surface area contributed by atoms with Gasteiger partial charge in [-0.1, -0.05) is 30.3 Å².